The van der Waals surface area contributed by atoms with Crippen molar-refractivity contribution in [1.29, 1.82) is 0 Å². The zero-order chi connectivity index (χ0) is 25.1. The van der Waals surface area contributed by atoms with Crippen molar-refractivity contribution in [3.63, 3.8) is 0 Å². The van der Waals surface area contributed by atoms with Crippen molar-refractivity contribution < 1.29 is 9.59 Å². The lowest BCUT2D eigenvalue weighted by Gasteiger charge is -2.32. The van der Waals surface area contributed by atoms with Crippen molar-refractivity contribution in [2.24, 2.45) is 11.8 Å². The number of piperidine rings is 1. The molecule has 2 aliphatic rings. The fourth-order valence-corrected chi connectivity index (χ4v) is 5.74. The van der Waals surface area contributed by atoms with E-state index in [1.807, 2.05) is 48.2 Å². The average Bonchev–Trinajstić information content (AvgIpc) is 3.48. The van der Waals surface area contributed by atoms with Crippen molar-refractivity contribution in [2.75, 3.05) is 19.6 Å². The predicted molar refractivity (Wildman–Crippen MR) is 145 cm³/mol. The Morgan fingerprint density at radius 2 is 1.69 bits per heavy atom. The Labute approximate surface area is 213 Å². The van der Waals surface area contributed by atoms with Gasteiger partial charge in [-0.2, -0.15) is 0 Å². The van der Waals surface area contributed by atoms with Gasteiger partial charge in [-0.05, 0) is 67.4 Å². The molecule has 0 spiro atoms. The Kier molecular flexibility index (Phi) is 7.08. The zero-order valence-corrected chi connectivity index (χ0v) is 21.1. The summed E-state index contributed by atoms with van der Waals surface area (Å²) in [4.78, 5) is 28.4. The highest BCUT2D eigenvalue weighted by Crippen LogP contribution is 2.27. The van der Waals surface area contributed by atoms with Crippen LogP contribution < -0.4 is 5.32 Å². The molecule has 2 aromatic carbocycles. The molecule has 0 saturated carbocycles. The molecular formula is C31H35N3O2. The Morgan fingerprint density at radius 3 is 2.39 bits per heavy atom. The van der Waals surface area contributed by atoms with Gasteiger partial charge >= 0.3 is 0 Å². The molecule has 1 fully saturated rings. The minimum atomic E-state index is -0.0295. The third kappa shape index (κ3) is 5.01. The Morgan fingerprint density at radius 1 is 1.03 bits per heavy atom. The van der Waals surface area contributed by atoms with E-state index in [4.69, 9.17) is 0 Å². The molecule has 1 aliphatic carbocycles. The van der Waals surface area contributed by atoms with Gasteiger partial charge in [-0.25, -0.2) is 0 Å². The molecule has 5 rings (SSSR count). The fraction of sp³-hybridized carbons (Fsp3) is 0.355. The van der Waals surface area contributed by atoms with Gasteiger partial charge in [0.05, 0.1) is 0 Å². The topological polar surface area (TPSA) is 54.3 Å². The van der Waals surface area contributed by atoms with Crippen LogP contribution in [0.25, 0.3) is 10.9 Å². The third-order valence-electron chi connectivity index (χ3n) is 7.65. The number of carbonyl (C=O) groups is 2. The van der Waals surface area contributed by atoms with Crippen LogP contribution in [0.4, 0.5) is 0 Å². The van der Waals surface area contributed by atoms with Crippen LogP contribution in [-0.2, 0) is 24.2 Å². The number of nitrogens with one attached hydrogen (secondary N) is 1. The van der Waals surface area contributed by atoms with Crippen LogP contribution in [0.3, 0.4) is 0 Å². The number of para-hydroxylation sites is 1. The summed E-state index contributed by atoms with van der Waals surface area (Å²) in [6.45, 7) is 8.62. The quantitative estimate of drug-likeness (QED) is 0.474. The van der Waals surface area contributed by atoms with Gasteiger partial charge in [0.15, 0.2) is 0 Å². The number of fused-ring (bicyclic) bond motifs is 2. The molecule has 5 heteroatoms. The van der Waals surface area contributed by atoms with Crippen LogP contribution in [-0.4, -0.2) is 40.9 Å². The molecule has 1 aromatic heterocycles. The smallest absolute Gasteiger partial charge is 0.270 e. The Balaban J connectivity index is 1.19. The van der Waals surface area contributed by atoms with E-state index in [2.05, 4.69) is 46.8 Å². The summed E-state index contributed by atoms with van der Waals surface area (Å²) in [6.07, 6.45) is 7.44. The van der Waals surface area contributed by atoms with E-state index in [9.17, 15) is 9.59 Å². The van der Waals surface area contributed by atoms with E-state index in [1.165, 1.54) is 11.1 Å². The number of allylic oxidation sites excluding steroid dienone is 3. The number of amides is 2. The second-order valence-corrected chi connectivity index (χ2v) is 10.2. The van der Waals surface area contributed by atoms with E-state index in [0.717, 1.165) is 35.9 Å². The fourth-order valence-electron chi connectivity index (χ4n) is 5.74. The first-order valence-corrected chi connectivity index (χ1v) is 13.1. The molecule has 0 atom stereocenters. The summed E-state index contributed by atoms with van der Waals surface area (Å²) in [5.74, 6) is 0.613. The first kappa shape index (κ1) is 24.1. The maximum atomic E-state index is 13.6. The van der Waals surface area contributed by atoms with Crippen LogP contribution in [0.5, 0.6) is 0 Å². The van der Waals surface area contributed by atoms with Crippen LogP contribution in [0.1, 0.15) is 41.4 Å². The second kappa shape index (κ2) is 10.6. The van der Waals surface area contributed by atoms with Crippen molar-refractivity contribution in [3.05, 3.63) is 95.7 Å². The van der Waals surface area contributed by atoms with Crippen LogP contribution in [0.15, 0.2) is 78.9 Å². The predicted octanol–water partition coefficient (Wildman–Crippen LogP) is 5.16. The van der Waals surface area contributed by atoms with Gasteiger partial charge in [0, 0.05) is 43.0 Å². The molecule has 1 saturated heterocycles. The first-order chi connectivity index (χ1) is 17.5. The van der Waals surface area contributed by atoms with E-state index < -0.39 is 0 Å². The van der Waals surface area contributed by atoms with E-state index >= 15 is 0 Å². The molecule has 0 radical (unpaired) electrons. The molecule has 0 unspecified atom stereocenters. The molecule has 36 heavy (non-hydrogen) atoms. The lowest BCUT2D eigenvalue weighted by molar-refractivity contribution is -0.126. The minimum absolute atomic E-state index is 0.0295. The molecule has 3 aromatic rings. The minimum Gasteiger partial charge on any atom is -0.356 e. The SMILES string of the molecule is C=C(C=CC)Cn1c(C(=O)N2CCC(C(=O)NCC3Cc4ccccc4C3)CC2)cc2ccccc21. The highest BCUT2D eigenvalue weighted by molar-refractivity contribution is 5.99. The van der Waals surface area contributed by atoms with Crippen LogP contribution in [0.2, 0.25) is 0 Å². The van der Waals surface area contributed by atoms with Gasteiger partial charge in [0.2, 0.25) is 5.91 Å². The molecule has 5 nitrogen and oxygen atoms in total. The summed E-state index contributed by atoms with van der Waals surface area (Å²) >= 11 is 0. The molecule has 186 valence electrons. The summed E-state index contributed by atoms with van der Waals surface area (Å²) in [5.41, 5.74) is 5.50. The van der Waals surface area contributed by atoms with Gasteiger partial charge in [-0.15, -0.1) is 0 Å². The van der Waals surface area contributed by atoms with Gasteiger partial charge in [-0.3, -0.25) is 9.59 Å². The molecule has 2 amide bonds. The van der Waals surface area contributed by atoms with Gasteiger partial charge < -0.3 is 14.8 Å². The number of hydrogen-bond acceptors (Lipinski definition) is 2. The molecule has 1 aliphatic heterocycles. The third-order valence-corrected chi connectivity index (χ3v) is 7.65. The number of hydrogen-bond donors (Lipinski definition) is 1. The number of carbonyl (C=O) groups excluding carboxylic acids is 2. The molecular weight excluding hydrogens is 446 g/mol. The maximum absolute atomic E-state index is 13.6. The number of likely N-dealkylation sites (tertiary alicyclic amines) is 1. The van der Waals surface area contributed by atoms with E-state index in [-0.39, 0.29) is 17.7 Å². The maximum Gasteiger partial charge on any atom is 0.270 e. The summed E-state index contributed by atoms with van der Waals surface area (Å²) in [7, 11) is 0. The standard InChI is InChI=1S/C31H35N3O2/c1-3-8-22(2)21-34-28-12-7-6-11-27(28)19-29(34)31(36)33-15-13-24(14-16-33)30(35)32-20-23-17-25-9-4-5-10-26(25)18-23/h3-12,19,23-24H,2,13-18,20-21H2,1H3,(H,32,35). The van der Waals surface area contributed by atoms with Crippen molar-refractivity contribution in [1.82, 2.24) is 14.8 Å². The summed E-state index contributed by atoms with van der Waals surface area (Å²) in [5, 5.41) is 4.26. The highest BCUT2D eigenvalue weighted by Gasteiger charge is 2.30. The highest BCUT2D eigenvalue weighted by atomic mass is 16.2. The average molecular weight is 482 g/mol. The van der Waals surface area contributed by atoms with Gasteiger partial charge in [-0.1, -0.05) is 61.2 Å². The van der Waals surface area contributed by atoms with Crippen molar-refractivity contribution in [2.45, 2.75) is 39.2 Å². The van der Waals surface area contributed by atoms with Crippen molar-refractivity contribution in [3.8, 4) is 0 Å². The summed E-state index contributed by atoms with van der Waals surface area (Å²) < 4.78 is 2.07. The largest absolute Gasteiger partial charge is 0.356 e. The van der Waals surface area contributed by atoms with Gasteiger partial charge in [0.1, 0.15) is 5.69 Å². The number of rotatable bonds is 7. The van der Waals surface area contributed by atoms with E-state index in [0.29, 0.717) is 44.1 Å². The lowest BCUT2D eigenvalue weighted by atomic mass is 9.95. The Bertz CT molecular complexity index is 1290. The Hall–Kier alpha value is -3.60. The zero-order valence-electron chi connectivity index (χ0n) is 21.1. The lowest BCUT2D eigenvalue weighted by Crippen LogP contribution is -2.44. The normalized spacial score (nSPS) is 16.5. The van der Waals surface area contributed by atoms with E-state index in [1.54, 1.807) is 0 Å². The molecule has 1 N–H and O–H groups in total. The first-order valence-electron chi connectivity index (χ1n) is 13.1. The number of nitrogens with zero attached hydrogens (tertiary/aromatic N) is 2. The van der Waals surface area contributed by atoms with Gasteiger partial charge in [0.25, 0.3) is 5.91 Å². The van der Waals surface area contributed by atoms with Crippen molar-refractivity contribution >= 4 is 22.7 Å². The summed E-state index contributed by atoms with van der Waals surface area (Å²) in [6, 6.07) is 18.6. The second-order valence-electron chi connectivity index (χ2n) is 10.2. The van der Waals surface area contributed by atoms with Crippen LogP contribution in [0, 0.1) is 11.8 Å². The number of aromatic nitrogens is 1. The molecule has 0 bridgehead atoms. The monoisotopic (exact) mass is 481 g/mol. The van der Waals surface area contributed by atoms with Crippen LogP contribution >= 0.6 is 0 Å². The number of benzene rings is 2. The molecule has 2 heterocycles.